The summed E-state index contributed by atoms with van der Waals surface area (Å²) in [6.45, 7) is 2.45. The van der Waals surface area contributed by atoms with Crippen LogP contribution in [0.4, 0.5) is 11.4 Å². The zero-order valence-electron chi connectivity index (χ0n) is 11.0. The fraction of sp³-hybridized carbons (Fsp3) is 0.429. The van der Waals surface area contributed by atoms with Crippen LogP contribution in [0.25, 0.3) is 0 Å². The lowest BCUT2D eigenvalue weighted by atomic mass is 10.0. The van der Waals surface area contributed by atoms with Gasteiger partial charge >= 0.3 is 0 Å². The molecule has 2 amide bonds. The molecule has 1 aromatic rings. The number of benzene rings is 1. The Balaban J connectivity index is 2.02. The van der Waals surface area contributed by atoms with Crippen molar-refractivity contribution < 1.29 is 9.59 Å². The second-order valence-corrected chi connectivity index (χ2v) is 5.01. The number of aryl methyl sites for hydroxylation is 1. The van der Waals surface area contributed by atoms with Gasteiger partial charge in [0.05, 0.1) is 0 Å². The number of anilines is 2. The Morgan fingerprint density at radius 1 is 1.47 bits per heavy atom. The molecule has 0 radical (unpaired) electrons. The van der Waals surface area contributed by atoms with E-state index in [4.69, 9.17) is 5.73 Å². The standard InChI is InChI=1S/C14H19N3O2/c1-9(8-15)6-14(19)16-11-3-4-12-10(7-11)2-5-13(18)17-12/h3-4,7,9H,2,5-6,8,15H2,1H3,(H,16,19)(H,17,18). The van der Waals surface area contributed by atoms with Crippen LogP contribution < -0.4 is 16.4 Å². The number of hydrogen-bond acceptors (Lipinski definition) is 3. The molecule has 0 aromatic heterocycles. The van der Waals surface area contributed by atoms with E-state index in [0.29, 0.717) is 25.8 Å². The number of rotatable bonds is 4. The molecular formula is C14H19N3O2. The van der Waals surface area contributed by atoms with E-state index in [1.54, 1.807) is 6.07 Å². The predicted molar refractivity (Wildman–Crippen MR) is 74.9 cm³/mol. The minimum Gasteiger partial charge on any atom is -0.330 e. The summed E-state index contributed by atoms with van der Waals surface area (Å²) in [7, 11) is 0. The number of nitrogens with one attached hydrogen (secondary N) is 2. The molecule has 0 aliphatic carbocycles. The summed E-state index contributed by atoms with van der Waals surface area (Å²) < 4.78 is 0. The van der Waals surface area contributed by atoms with Crippen molar-refractivity contribution in [1.82, 2.24) is 0 Å². The Bertz CT molecular complexity index is 499. The van der Waals surface area contributed by atoms with Gasteiger partial charge in [0.15, 0.2) is 0 Å². The summed E-state index contributed by atoms with van der Waals surface area (Å²) in [4.78, 5) is 23.0. The lowest BCUT2D eigenvalue weighted by molar-refractivity contribution is -0.117. The Hall–Kier alpha value is -1.88. The van der Waals surface area contributed by atoms with Gasteiger partial charge in [0.25, 0.3) is 0 Å². The highest BCUT2D eigenvalue weighted by atomic mass is 16.2. The Labute approximate surface area is 112 Å². The maximum absolute atomic E-state index is 11.8. The molecule has 1 aliphatic rings. The van der Waals surface area contributed by atoms with Gasteiger partial charge in [-0.3, -0.25) is 9.59 Å². The number of nitrogens with two attached hydrogens (primary N) is 1. The lowest BCUT2D eigenvalue weighted by Crippen LogP contribution is -2.21. The zero-order chi connectivity index (χ0) is 13.8. The predicted octanol–water partition coefficient (Wildman–Crippen LogP) is 1.49. The van der Waals surface area contributed by atoms with E-state index in [2.05, 4.69) is 10.6 Å². The second kappa shape index (κ2) is 5.84. The highest BCUT2D eigenvalue weighted by Gasteiger charge is 2.15. The molecule has 1 unspecified atom stereocenters. The summed E-state index contributed by atoms with van der Waals surface area (Å²) in [5.41, 5.74) is 8.16. The summed E-state index contributed by atoms with van der Waals surface area (Å²) >= 11 is 0. The van der Waals surface area contributed by atoms with Gasteiger partial charge in [0.1, 0.15) is 0 Å². The maximum Gasteiger partial charge on any atom is 0.224 e. The summed E-state index contributed by atoms with van der Waals surface area (Å²) in [6, 6.07) is 5.55. The monoisotopic (exact) mass is 261 g/mol. The largest absolute Gasteiger partial charge is 0.330 e. The first-order valence-corrected chi connectivity index (χ1v) is 6.51. The van der Waals surface area contributed by atoms with Crippen LogP contribution in [-0.2, 0) is 16.0 Å². The van der Waals surface area contributed by atoms with Gasteiger partial charge in [-0.1, -0.05) is 6.92 Å². The van der Waals surface area contributed by atoms with Crippen LogP contribution in [0.5, 0.6) is 0 Å². The topological polar surface area (TPSA) is 84.2 Å². The van der Waals surface area contributed by atoms with E-state index in [1.807, 2.05) is 19.1 Å². The van der Waals surface area contributed by atoms with E-state index in [9.17, 15) is 9.59 Å². The fourth-order valence-electron chi connectivity index (χ4n) is 2.07. The van der Waals surface area contributed by atoms with Crippen molar-refractivity contribution >= 4 is 23.2 Å². The molecule has 0 fully saturated rings. The van der Waals surface area contributed by atoms with Crippen LogP contribution in [0.3, 0.4) is 0 Å². The summed E-state index contributed by atoms with van der Waals surface area (Å²) in [6.07, 6.45) is 1.63. The Morgan fingerprint density at radius 3 is 3.00 bits per heavy atom. The minimum atomic E-state index is -0.0299. The maximum atomic E-state index is 11.8. The third-order valence-electron chi connectivity index (χ3n) is 3.22. The van der Waals surface area contributed by atoms with E-state index >= 15 is 0 Å². The number of carbonyl (C=O) groups is 2. The molecule has 5 heteroatoms. The molecule has 2 rings (SSSR count). The summed E-state index contributed by atoms with van der Waals surface area (Å²) in [5.74, 6) is 0.190. The number of hydrogen-bond donors (Lipinski definition) is 3. The first-order chi connectivity index (χ1) is 9.08. The first-order valence-electron chi connectivity index (χ1n) is 6.51. The molecule has 102 valence electrons. The van der Waals surface area contributed by atoms with Gasteiger partial charge in [-0.2, -0.15) is 0 Å². The average Bonchev–Trinajstić information content (AvgIpc) is 2.38. The molecule has 1 aromatic carbocycles. The van der Waals surface area contributed by atoms with Crippen molar-refractivity contribution in [3.63, 3.8) is 0 Å². The molecule has 1 heterocycles. The molecular weight excluding hydrogens is 242 g/mol. The third-order valence-corrected chi connectivity index (χ3v) is 3.22. The SMILES string of the molecule is CC(CN)CC(=O)Nc1ccc2c(c1)CCC(=O)N2. The van der Waals surface area contributed by atoms with Crippen molar-refractivity contribution in [3.05, 3.63) is 23.8 Å². The van der Waals surface area contributed by atoms with Crippen LogP contribution >= 0.6 is 0 Å². The Kier molecular flexibility index (Phi) is 4.16. The lowest BCUT2D eigenvalue weighted by Gasteiger charge is -2.18. The molecule has 19 heavy (non-hydrogen) atoms. The Morgan fingerprint density at radius 2 is 2.26 bits per heavy atom. The van der Waals surface area contributed by atoms with Crippen LogP contribution in [0.2, 0.25) is 0 Å². The van der Waals surface area contributed by atoms with Crippen LogP contribution in [0.1, 0.15) is 25.3 Å². The molecule has 0 saturated heterocycles. The molecule has 0 bridgehead atoms. The fourth-order valence-corrected chi connectivity index (χ4v) is 2.07. The highest BCUT2D eigenvalue weighted by molar-refractivity contribution is 5.95. The van der Waals surface area contributed by atoms with Crippen molar-refractivity contribution in [3.8, 4) is 0 Å². The first kappa shape index (κ1) is 13.5. The van der Waals surface area contributed by atoms with Crippen molar-refractivity contribution in [2.24, 2.45) is 11.7 Å². The highest BCUT2D eigenvalue weighted by Crippen LogP contribution is 2.25. The van der Waals surface area contributed by atoms with Gasteiger partial charge in [-0.25, -0.2) is 0 Å². The van der Waals surface area contributed by atoms with E-state index in [0.717, 1.165) is 16.9 Å². The van der Waals surface area contributed by atoms with Gasteiger partial charge in [-0.15, -0.1) is 0 Å². The molecule has 1 atom stereocenters. The van der Waals surface area contributed by atoms with Crippen molar-refractivity contribution in [1.29, 1.82) is 0 Å². The summed E-state index contributed by atoms with van der Waals surface area (Å²) in [5, 5.41) is 5.67. The average molecular weight is 261 g/mol. The molecule has 4 N–H and O–H groups in total. The van der Waals surface area contributed by atoms with Crippen molar-refractivity contribution in [2.75, 3.05) is 17.2 Å². The van der Waals surface area contributed by atoms with Gasteiger partial charge in [0.2, 0.25) is 11.8 Å². The zero-order valence-corrected chi connectivity index (χ0v) is 11.0. The number of fused-ring (bicyclic) bond motifs is 1. The second-order valence-electron chi connectivity index (χ2n) is 5.01. The smallest absolute Gasteiger partial charge is 0.224 e. The van der Waals surface area contributed by atoms with Crippen molar-refractivity contribution in [2.45, 2.75) is 26.2 Å². The van der Waals surface area contributed by atoms with E-state index < -0.39 is 0 Å². The number of carbonyl (C=O) groups excluding carboxylic acids is 2. The third kappa shape index (κ3) is 3.54. The molecule has 5 nitrogen and oxygen atoms in total. The minimum absolute atomic E-state index is 0.0299. The molecule has 1 aliphatic heterocycles. The molecule has 0 spiro atoms. The number of amides is 2. The van der Waals surface area contributed by atoms with E-state index in [1.165, 1.54) is 0 Å². The molecule has 0 saturated carbocycles. The van der Waals surface area contributed by atoms with Crippen LogP contribution in [0.15, 0.2) is 18.2 Å². The normalized spacial score (nSPS) is 15.4. The van der Waals surface area contributed by atoms with Gasteiger partial charge < -0.3 is 16.4 Å². The van der Waals surface area contributed by atoms with Gasteiger partial charge in [-0.05, 0) is 42.6 Å². The van der Waals surface area contributed by atoms with Crippen LogP contribution in [-0.4, -0.2) is 18.4 Å². The quantitative estimate of drug-likeness (QED) is 0.767. The van der Waals surface area contributed by atoms with Gasteiger partial charge in [0, 0.05) is 24.2 Å². The van der Waals surface area contributed by atoms with E-state index in [-0.39, 0.29) is 17.7 Å². The van der Waals surface area contributed by atoms with Crippen LogP contribution in [0, 0.1) is 5.92 Å².